The van der Waals surface area contributed by atoms with E-state index < -0.39 is 29.3 Å². The summed E-state index contributed by atoms with van der Waals surface area (Å²) in [5.74, 6) is -0.900. The van der Waals surface area contributed by atoms with E-state index in [0.29, 0.717) is 22.3 Å². The Morgan fingerprint density at radius 2 is 2.38 bits per heavy atom. The molecule has 3 amide bonds. The number of β-lactam (4-membered cyclic amide) rings is 1. The van der Waals surface area contributed by atoms with Crippen molar-refractivity contribution in [3.8, 4) is 0 Å². The minimum atomic E-state index is -1.18. The standard InChI is InChI=1S/C14H15N5O5S2/c1-2-3-15-13(23)17-8-10(20)19-9(12(21)22)7(4-25-11(8)19)5-26-14-18-16-6-24-14/h2,6,8,11H,1,3-5H2,(H,21,22)(H2,15,17,23)/t8?,11-/m0/s1. The zero-order chi connectivity index (χ0) is 18.7. The van der Waals surface area contributed by atoms with Gasteiger partial charge in [-0.2, -0.15) is 0 Å². The lowest BCUT2D eigenvalue weighted by atomic mass is 10.0. The third-order valence-corrected chi connectivity index (χ3v) is 5.91. The van der Waals surface area contributed by atoms with E-state index in [1.54, 1.807) is 0 Å². The molecule has 12 heteroatoms. The first-order valence-corrected chi connectivity index (χ1v) is 9.50. The molecule has 1 fully saturated rings. The second kappa shape index (κ2) is 7.83. The van der Waals surface area contributed by atoms with Gasteiger partial charge in [-0.3, -0.25) is 9.69 Å². The van der Waals surface area contributed by atoms with Crippen LogP contribution in [0.1, 0.15) is 0 Å². The van der Waals surface area contributed by atoms with Crippen LogP contribution in [-0.4, -0.2) is 67.6 Å². The lowest BCUT2D eigenvalue weighted by molar-refractivity contribution is -0.148. The maximum absolute atomic E-state index is 12.4. The Labute approximate surface area is 156 Å². The molecule has 2 aliphatic heterocycles. The fourth-order valence-corrected chi connectivity index (χ4v) is 4.75. The number of fused-ring (bicyclic) bond motifs is 1. The number of carboxylic acid groups (broad SMARTS) is 1. The van der Waals surface area contributed by atoms with Gasteiger partial charge in [-0.05, 0) is 5.57 Å². The van der Waals surface area contributed by atoms with Crippen LogP contribution in [0.2, 0.25) is 0 Å². The van der Waals surface area contributed by atoms with Crippen LogP contribution in [0.15, 0.2) is 40.0 Å². The van der Waals surface area contributed by atoms with Gasteiger partial charge >= 0.3 is 12.0 Å². The Balaban J connectivity index is 1.70. The highest BCUT2D eigenvalue weighted by atomic mass is 32.2. The quantitative estimate of drug-likeness (QED) is 0.336. The van der Waals surface area contributed by atoms with E-state index in [1.165, 1.54) is 40.9 Å². The highest BCUT2D eigenvalue weighted by molar-refractivity contribution is 8.01. The molecule has 3 heterocycles. The summed E-state index contributed by atoms with van der Waals surface area (Å²) in [4.78, 5) is 37.1. The number of rotatable bonds is 7. The van der Waals surface area contributed by atoms with Crippen LogP contribution in [0, 0.1) is 0 Å². The number of nitrogens with zero attached hydrogens (tertiary/aromatic N) is 3. The zero-order valence-electron chi connectivity index (χ0n) is 13.4. The molecule has 1 unspecified atom stereocenters. The van der Waals surface area contributed by atoms with Gasteiger partial charge < -0.3 is 20.2 Å². The molecule has 0 radical (unpaired) electrons. The minimum absolute atomic E-state index is 0.0460. The maximum Gasteiger partial charge on any atom is 0.352 e. The van der Waals surface area contributed by atoms with Crippen molar-refractivity contribution in [1.82, 2.24) is 25.7 Å². The van der Waals surface area contributed by atoms with E-state index in [2.05, 4.69) is 27.4 Å². The molecule has 0 aliphatic carbocycles. The van der Waals surface area contributed by atoms with Crippen molar-refractivity contribution >= 4 is 41.4 Å². The van der Waals surface area contributed by atoms with Gasteiger partial charge in [-0.25, -0.2) is 9.59 Å². The predicted octanol–water partition coefficient (Wildman–Crippen LogP) is 0.269. The average molecular weight is 397 g/mol. The summed E-state index contributed by atoms with van der Waals surface area (Å²) in [6, 6.07) is -1.26. The van der Waals surface area contributed by atoms with Crippen molar-refractivity contribution in [3.63, 3.8) is 0 Å². The molecule has 3 rings (SSSR count). The van der Waals surface area contributed by atoms with Gasteiger partial charge in [-0.15, -0.1) is 28.5 Å². The largest absolute Gasteiger partial charge is 0.477 e. The number of carbonyl (C=O) groups is 3. The van der Waals surface area contributed by atoms with Crippen LogP contribution in [-0.2, 0) is 9.59 Å². The lowest BCUT2D eigenvalue weighted by Crippen LogP contribution is -2.71. The summed E-state index contributed by atoms with van der Waals surface area (Å²) < 4.78 is 5.02. The van der Waals surface area contributed by atoms with Crippen LogP contribution in [0.4, 0.5) is 4.79 Å². The first kappa shape index (κ1) is 18.3. The van der Waals surface area contributed by atoms with Gasteiger partial charge in [0.05, 0.1) is 0 Å². The van der Waals surface area contributed by atoms with Crippen LogP contribution < -0.4 is 10.6 Å². The number of aromatic nitrogens is 2. The number of carbonyl (C=O) groups excluding carboxylic acids is 2. The molecule has 0 saturated carbocycles. The van der Waals surface area contributed by atoms with E-state index in [1.807, 2.05) is 0 Å². The zero-order valence-corrected chi connectivity index (χ0v) is 15.0. The molecule has 2 aliphatic rings. The second-order valence-electron chi connectivity index (χ2n) is 5.28. The maximum atomic E-state index is 12.4. The highest BCUT2D eigenvalue weighted by Gasteiger charge is 2.54. The van der Waals surface area contributed by atoms with Crippen LogP contribution >= 0.6 is 23.5 Å². The third kappa shape index (κ3) is 3.55. The molecular formula is C14H15N5O5S2. The van der Waals surface area contributed by atoms with E-state index in [9.17, 15) is 19.5 Å². The molecule has 3 N–H and O–H groups in total. The average Bonchev–Trinajstić information content (AvgIpc) is 3.15. The van der Waals surface area contributed by atoms with Gasteiger partial charge in [-0.1, -0.05) is 17.8 Å². The van der Waals surface area contributed by atoms with Gasteiger partial charge in [0.25, 0.3) is 11.1 Å². The molecule has 138 valence electrons. The molecule has 0 bridgehead atoms. The third-order valence-electron chi connectivity index (χ3n) is 3.65. The van der Waals surface area contributed by atoms with Crippen molar-refractivity contribution in [2.75, 3.05) is 18.1 Å². The second-order valence-corrected chi connectivity index (χ2v) is 7.31. The topological polar surface area (TPSA) is 138 Å². The van der Waals surface area contributed by atoms with E-state index in [0.717, 1.165) is 0 Å². The molecule has 0 aromatic carbocycles. The first-order chi connectivity index (χ1) is 12.5. The minimum Gasteiger partial charge on any atom is -0.477 e. The molecule has 1 saturated heterocycles. The SMILES string of the molecule is C=CCNC(=O)NC1C(=O)N2C(C(=O)O)=C(CSc3nnco3)CS[C@@H]12. The van der Waals surface area contributed by atoms with Crippen molar-refractivity contribution in [1.29, 1.82) is 0 Å². The van der Waals surface area contributed by atoms with Gasteiger partial charge in [0, 0.05) is 18.1 Å². The Bertz CT molecular complexity index is 766. The van der Waals surface area contributed by atoms with Crippen molar-refractivity contribution < 1.29 is 23.9 Å². The first-order valence-electron chi connectivity index (χ1n) is 7.47. The monoisotopic (exact) mass is 397 g/mol. The summed E-state index contributed by atoms with van der Waals surface area (Å²) in [5, 5.41) is 21.8. The number of carboxylic acids is 1. The number of aliphatic carboxylic acids is 1. The van der Waals surface area contributed by atoms with Crippen LogP contribution in [0.3, 0.4) is 0 Å². The van der Waals surface area contributed by atoms with E-state index in [-0.39, 0.29) is 12.2 Å². The fourth-order valence-electron chi connectivity index (χ4n) is 2.53. The lowest BCUT2D eigenvalue weighted by Gasteiger charge is -2.49. The van der Waals surface area contributed by atoms with Gasteiger partial charge in [0.15, 0.2) is 0 Å². The molecule has 26 heavy (non-hydrogen) atoms. The molecule has 1 aromatic rings. The number of amides is 3. The molecule has 10 nitrogen and oxygen atoms in total. The summed E-state index contributed by atoms with van der Waals surface area (Å²) >= 11 is 2.60. The van der Waals surface area contributed by atoms with Crippen molar-refractivity contribution in [2.24, 2.45) is 0 Å². The summed E-state index contributed by atoms with van der Waals surface area (Å²) in [6.45, 7) is 3.76. The van der Waals surface area contributed by atoms with E-state index >= 15 is 0 Å². The highest BCUT2D eigenvalue weighted by Crippen LogP contribution is 2.41. The Hall–Kier alpha value is -2.47. The van der Waals surface area contributed by atoms with Crippen LogP contribution in [0.25, 0.3) is 0 Å². The molecular weight excluding hydrogens is 382 g/mol. The predicted molar refractivity (Wildman–Crippen MR) is 93.3 cm³/mol. The summed E-state index contributed by atoms with van der Waals surface area (Å²) in [7, 11) is 0. The number of hydrogen-bond donors (Lipinski definition) is 3. The summed E-state index contributed by atoms with van der Waals surface area (Å²) in [6.07, 6.45) is 2.70. The Morgan fingerprint density at radius 3 is 3.04 bits per heavy atom. The van der Waals surface area contributed by atoms with E-state index in [4.69, 9.17) is 4.42 Å². The number of hydrogen-bond acceptors (Lipinski definition) is 8. The number of thioether (sulfide) groups is 2. The smallest absolute Gasteiger partial charge is 0.352 e. The Morgan fingerprint density at radius 1 is 1.58 bits per heavy atom. The molecule has 2 atom stereocenters. The number of nitrogens with one attached hydrogen (secondary N) is 2. The molecule has 1 aromatic heterocycles. The van der Waals surface area contributed by atoms with Crippen molar-refractivity contribution in [2.45, 2.75) is 16.6 Å². The number of urea groups is 1. The normalized spacial score (nSPS) is 21.7. The molecule has 0 spiro atoms. The van der Waals surface area contributed by atoms with Crippen molar-refractivity contribution in [3.05, 3.63) is 30.3 Å². The van der Waals surface area contributed by atoms with Gasteiger partial charge in [0.1, 0.15) is 17.1 Å². The Kier molecular flexibility index (Phi) is 5.52. The fraction of sp³-hybridized carbons (Fsp3) is 0.357. The van der Waals surface area contributed by atoms with Crippen LogP contribution in [0.5, 0.6) is 0 Å². The summed E-state index contributed by atoms with van der Waals surface area (Å²) in [5.41, 5.74) is 0.542. The van der Waals surface area contributed by atoms with Gasteiger partial charge in [0.2, 0.25) is 6.39 Å².